The van der Waals surface area contributed by atoms with E-state index in [1.54, 1.807) is 17.1 Å². The molecule has 26 heavy (non-hydrogen) atoms. The maximum atomic E-state index is 12.4. The van der Waals surface area contributed by atoms with Crippen molar-refractivity contribution in [2.45, 2.75) is 71.4 Å². The van der Waals surface area contributed by atoms with Gasteiger partial charge in [0.2, 0.25) is 0 Å². The maximum Gasteiger partial charge on any atom is 0.410 e. The molecule has 0 aromatic rings. The lowest BCUT2D eigenvalue weighted by atomic mass is 10.1. The van der Waals surface area contributed by atoms with Gasteiger partial charge < -0.3 is 24.4 Å². The third-order valence-electron chi connectivity index (χ3n) is 4.37. The summed E-state index contributed by atoms with van der Waals surface area (Å²) in [5.41, 5.74) is -0.351. The van der Waals surface area contributed by atoms with Crippen molar-refractivity contribution in [1.82, 2.24) is 9.80 Å². The Labute approximate surface area is 155 Å². The summed E-state index contributed by atoms with van der Waals surface area (Å²) in [6.07, 6.45) is 5.80. The predicted molar refractivity (Wildman–Crippen MR) is 97.5 cm³/mol. The Hall–Kier alpha value is -2.02. The van der Waals surface area contributed by atoms with Gasteiger partial charge in [-0.15, -0.1) is 0 Å². The zero-order valence-corrected chi connectivity index (χ0v) is 16.3. The van der Waals surface area contributed by atoms with E-state index in [0.717, 1.165) is 12.8 Å². The highest BCUT2D eigenvalue weighted by molar-refractivity contribution is 5.88. The molecule has 1 fully saturated rings. The van der Waals surface area contributed by atoms with Gasteiger partial charge >= 0.3 is 12.1 Å². The van der Waals surface area contributed by atoms with Crippen molar-refractivity contribution < 1.29 is 24.2 Å². The number of allylic oxidation sites excluding steroid dienone is 2. The molecule has 0 radical (unpaired) electrons. The van der Waals surface area contributed by atoms with Crippen LogP contribution in [0.2, 0.25) is 0 Å². The molecule has 0 bridgehead atoms. The van der Waals surface area contributed by atoms with Gasteiger partial charge in [0.05, 0.1) is 18.2 Å². The van der Waals surface area contributed by atoms with Gasteiger partial charge in [-0.05, 0) is 59.6 Å². The Morgan fingerprint density at radius 2 is 2.04 bits per heavy atom. The zero-order chi connectivity index (χ0) is 19.5. The second-order valence-corrected chi connectivity index (χ2v) is 7.97. The van der Waals surface area contributed by atoms with E-state index in [-0.39, 0.29) is 30.4 Å². The van der Waals surface area contributed by atoms with E-state index in [1.165, 1.54) is 0 Å². The highest BCUT2D eigenvalue weighted by atomic mass is 16.6. The number of carboxylic acid groups (broad SMARTS) is 1. The number of rotatable bonds is 5. The Morgan fingerprint density at radius 3 is 2.62 bits per heavy atom. The molecule has 2 heterocycles. The molecule has 2 aliphatic rings. The summed E-state index contributed by atoms with van der Waals surface area (Å²) >= 11 is 0. The summed E-state index contributed by atoms with van der Waals surface area (Å²) in [7, 11) is 0. The number of carbonyl (C=O) groups is 2. The number of likely N-dealkylation sites (tertiary alicyclic amines) is 1. The van der Waals surface area contributed by atoms with Gasteiger partial charge in [0.1, 0.15) is 5.60 Å². The fraction of sp³-hybridized carbons (Fsp3) is 0.684. The summed E-state index contributed by atoms with van der Waals surface area (Å²) in [6, 6.07) is -0.0235. The molecule has 0 aromatic carbocycles. The number of aliphatic carboxylic acids is 1. The highest BCUT2D eigenvalue weighted by Gasteiger charge is 2.35. The van der Waals surface area contributed by atoms with Crippen LogP contribution in [-0.4, -0.2) is 64.0 Å². The van der Waals surface area contributed by atoms with Crippen LogP contribution in [0, 0.1) is 0 Å². The molecule has 0 aliphatic carbocycles. The molecule has 1 amide bonds. The van der Waals surface area contributed by atoms with Crippen molar-refractivity contribution in [3.05, 3.63) is 23.9 Å². The second kappa shape index (κ2) is 8.12. The molecular formula is C19H30N2O5. The van der Waals surface area contributed by atoms with Crippen LogP contribution < -0.4 is 0 Å². The average Bonchev–Trinajstić information content (AvgIpc) is 2.99. The Balaban J connectivity index is 2.05. The molecule has 0 saturated carbocycles. The minimum absolute atomic E-state index is 0.0878. The first-order valence-corrected chi connectivity index (χ1v) is 9.10. The molecule has 1 saturated heterocycles. The summed E-state index contributed by atoms with van der Waals surface area (Å²) in [5, 5.41) is 9.47. The number of nitrogens with zero attached hydrogens (tertiary/aromatic N) is 2. The minimum atomic E-state index is -1.000. The molecule has 2 atom stereocenters. The SMILES string of the molecule is CC(C)N1C=CC=C(C(=O)O)C1OC[C@@H]1CCCN1C(=O)OC(C)(C)C. The van der Waals surface area contributed by atoms with Crippen LogP contribution in [-0.2, 0) is 14.3 Å². The molecule has 2 aliphatic heterocycles. The molecule has 2 rings (SSSR count). The minimum Gasteiger partial charge on any atom is -0.478 e. The van der Waals surface area contributed by atoms with Crippen LogP contribution in [0.5, 0.6) is 0 Å². The van der Waals surface area contributed by atoms with E-state index in [1.807, 2.05) is 45.7 Å². The van der Waals surface area contributed by atoms with E-state index in [9.17, 15) is 14.7 Å². The predicted octanol–water partition coefficient (Wildman–Crippen LogP) is 2.98. The summed E-state index contributed by atoms with van der Waals surface area (Å²) in [4.78, 5) is 27.5. The number of amides is 1. The zero-order valence-electron chi connectivity index (χ0n) is 16.3. The van der Waals surface area contributed by atoms with Crippen LogP contribution in [0.15, 0.2) is 23.9 Å². The lowest BCUT2D eigenvalue weighted by molar-refractivity contribution is -0.137. The highest BCUT2D eigenvalue weighted by Crippen LogP contribution is 2.25. The standard InChI is InChI=1S/C19H30N2O5/c1-13(2)20-10-7-9-15(17(22)23)16(20)25-12-14-8-6-11-21(14)18(24)26-19(3,4)5/h7,9-10,13-14,16H,6,8,11-12H2,1-5H3,(H,22,23)/t14-,16?/m0/s1. The maximum absolute atomic E-state index is 12.4. The topological polar surface area (TPSA) is 79.3 Å². The first-order chi connectivity index (χ1) is 12.1. The van der Waals surface area contributed by atoms with Crippen LogP contribution in [0.1, 0.15) is 47.5 Å². The normalized spacial score (nSPS) is 23.4. The number of hydrogen-bond acceptors (Lipinski definition) is 5. The second-order valence-electron chi connectivity index (χ2n) is 7.97. The summed E-state index contributed by atoms with van der Waals surface area (Å²) in [5.74, 6) is -1.000. The van der Waals surface area contributed by atoms with Crippen molar-refractivity contribution in [2.24, 2.45) is 0 Å². The Bertz CT molecular complexity index is 591. The molecule has 0 aromatic heterocycles. The lowest BCUT2D eigenvalue weighted by Crippen LogP contribution is -2.46. The molecule has 7 heteroatoms. The van der Waals surface area contributed by atoms with Gasteiger partial charge in [-0.1, -0.05) is 0 Å². The van der Waals surface area contributed by atoms with E-state index in [4.69, 9.17) is 9.47 Å². The molecule has 1 N–H and O–H groups in total. The molecule has 0 spiro atoms. The van der Waals surface area contributed by atoms with E-state index < -0.39 is 17.8 Å². The first kappa shape index (κ1) is 20.3. The van der Waals surface area contributed by atoms with Crippen LogP contribution in [0.25, 0.3) is 0 Å². The van der Waals surface area contributed by atoms with Crippen LogP contribution in [0.3, 0.4) is 0 Å². The smallest absolute Gasteiger partial charge is 0.410 e. The largest absolute Gasteiger partial charge is 0.478 e. The van der Waals surface area contributed by atoms with E-state index in [2.05, 4.69) is 0 Å². The number of carboxylic acids is 1. The van der Waals surface area contributed by atoms with Crippen LogP contribution in [0.4, 0.5) is 4.79 Å². The van der Waals surface area contributed by atoms with Crippen molar-refractivity contribution >= 4 is 12.1 Å². The summed E-state index contributed by atoms with van der Waals surface area (Å²) in [6.45, 7) is 10.4. The molecular weight excluding hydrogens is 336 g/mol. The van der Waals surface area contributed by atoms with Crippen molar-refractivity contribution in [3.8, 4) is 0 Å². The third kappa shape index (κ3) is 5.00. The van der Waals surface area contributed by atoms with Gasteiger partial charge in [0.25, 0.3) is 0 Å². The Morgan fingerprint density at radius 1 is 1.35 bits per heavy atom. The lowest BCUT2D eigenvalue weighted by Gasteiger charge is -2.37. The van der Waals surface area contributed by atoms with E-state index >= 15 is 0 Å². The van der Waals surface area contributed by atoms with Gasteiger partial charge in [-0.25, -0.2) is 9.59 Å². The average molecular weight is 366 g/mol. The van der Waals surface area contributed by atoms with Gasteiger partial charge in [0.15, 0.2) is 6.23 Å². The molecule has 146 valence electrons. The van der Waals surface area contributed by atoms with Crippen molar-refractivity contribution in [2.75, 3.05) is 13.2 Å². The van der Waals surface area contributed by atoms with Crippen molar-refractivity contribution in [1.29, 1.82) is 0 Å². The first-order valence-electron chi connectivity index (χ1n) is 9.10. The van der Waals surface area contributed by atoms with Gasteiger partial charge in [-0.3, -0.25) is 0 Å². The van der Waals surface area contributed by atoms with Crippen LogP contribution >= 0.6 is 0 Å². The monoisotopic (exact) mass is 366 g/mol. The van der Waals surface area contributed by atoms with E-state index in [0.29, 0.717) is 6.54 Å². The summed E-state index contributed by atoms with van der Waals surface area (Å²) < 4.78 is 11.5. The fourth-order valence-electron chi connectivity index (χ4n) is 3.13. The molecule has 1 unspecified atom stereocenters. The number of hydrogen-bond donors (Lipinski definition) is 1. The molecule has 7 nitrogen and oxygen atoms in total. The number of carbonyl (C=O) groups excluding carboxylic acids is 1. The Kier molecular flexibility index (Phi) is 6.34. The quantitative estimate of drug-likeness (QED) is 0.806. The fourth-order valence-corrected chi connectivity index (χ4v) is 3.13. The number of ether oxygens (including phenoxy) is 2. The van der Waals surface area contributed by atoms with Gasteiger partial charge in [-0.2, -0.15) is 0 Å². The van der Waals surface area contributed by atoms with Gasteiger partial charge in [0, 0.05) is 18.8 Å². The van der Waals surface area contributed by atoms with Crippen molar-refractivity contribution in [3.63, 3.8) is 0 Å². The third-order valence-corrected chi connectivity index (χ3v) is 4.37.